The lowest BCUT2D eigenvalue weighted by Crippen LogP contribution is -1.92. The van der Waals surface area contributed by atoms with Crippen LogP contribution in [0.3, 0.4) is 0 Å². The van der Waals surface area contributed by atoms with E-state index in [0.717, 1.165) is 5.01 Å². The van der Waals surface area contributed by atoms with Crippen LogP contribution < -0.4 is 0 Å². The molecule has 0 spiro atoms. The second-order valence-corrected chi connectivity index (χ2v) is 5.19. The normalized spacial score (nSPS) is 10.7. The van der Waals surface area contributed by atoms with Crippen LogP contribution in [-0.4, -0.2) is 10.2 Å². The molecular weight excluding hydrogens is 272 g/mol. The van der Waals surface area contributed by atoms with E-state index in [9.17, 15) is 0 Å². The second kappa shape index (κ2) is 4.02. The first-order valence-electron chi connectivity index (χ1n) is 4.64. The third kappa shape index (κ3) is 1.84. The molecule has 0 saturated carbocycles. The van der Waals surface area contributed by atoms with E-state index in [1.165, 1.54) is 26.7 Å². The largest absolute Gasteiger partial charge is 0.148 e. The van der Waals surface area contributed by atoms with Crippen molar-refractivity contribution < 1.29 is 0 Å². The molecule has 0 bridgehead atoms. The Labute approximate surface area is 101 Å². The molecule has 2 nitrogen and oxygen atoms in total. The minimum Gasteiger partial charge on any atom is -0.147 e. The van der Waals surface area contributed by atoms with Gasteiger partial charge in [-0.05, 0) is 37.5 Å². The molecule has 4 heteroatoms. The lowest BCUT2D eigenvalue weighted by Gasteiger charge is -2.11. The number of rotatable bonds is 1. The van der Waals surface area contributed by atoms with E-state index >= 15 is 0 Å². The van der Waals surface area contributed by atoms with Crippen LogP contribution in [0.5, 0.6) is 0 Å². The molecule has 2 rings (SSSR count). The maximum atomic E-state index is 4.13. The number of hydrogen-bond acceptors (Lipinski definition) is 3. The van der Waals surface area contributed by atoms with Crippen molar-refractivity contribution in [2.75, 3.05) is 0 Å². The Bertz CT molecular complexity index is 492. The molecule has 0 atom stereocenters. The summed E-state index contributed by atoms with van der Waals surface area (Å²) < 4.78 is 1.17. The van der Waals surface area contributed by atoms with Crippen molar-refractivity contribution in [3.63, 3.8) is 0 Å². The SMILES string of the molecule is Cc1cc(C)c(-c2nncs2)c(C)c1Br. The van der Waals surface area contributed by atoms with E-state index in [4.69, 9.17) is 0 Å². The molecule has 0 amide bonds. The Kier molecular flexibility index (Phi) is 2.89. The summed E-state index contributed by atoms with van der Waals surface area (Å²) >= 11 is 5.18. The van der Waals surface area contributed by atoms with Crippen molar-refractivity contribution in [2.45, 2.75) is 20.8 Å². The fraction of sp³-hybridized carbons (Fsp3) is 0.273. The molecule has 0 radical (unpaired) electrons. The first-order chi connectivity index (χ1) is 7.11. The zero-order chi connectivity index (χ0) is 11.0. The minimum atomic E-state index is 0.991. The van der Waals surface area contributed by atoms with Crippen LogP contribution in [0.1, 0.15) is 16.7 Å². The maximum Gasteiger partial charge on any atom is 0.148 e. The highest BCUT2D eigenvalue weighted by atomic mass is 79.9. The molecule has 0 aliphatic rings. The zero-order valence-corrected chi connectivity index (χ0v) is 11.2. The van der Waals surface area contributed by atoms with Gasteiger partial charge in [-0.25, -0.2) is 0 Å². The number of aryl methyl sites for hydroxylation is 2. The number of nitrogens with zero attached hydrogens (tertiary/aromatic N) is 2. The third-order valence-electron chi connectivity index (χ3n) is 2.45. The Balaban J connectivity index is 2.72. The fourth-order valence-corrected chi connectivity index (χ4v) is 2.81. The van der Waals surface area contributed by atoms with Crippen LogP contribution in [0.15, 0.2) is 16.0 Å². The maximum absolute atomic E-state index is 4.13. The molecule has 0 aliphatic heterocycles. The molecule has 0 fully saturated rings. The Morgan fingerprint density at radius 1 is 1.20 bits per heavy atom. The molecule has 0 saturated heterocycles. The van der Waals surface area contributed by atoms with Gasteiger partial charge in [0.05, 0.1) is 0 Å². The van der Waals surface area contributed by atoms with Gasteiger partial charge in [-0.1, -0.05) is 33.3 Å². The van der Waals surface area contributed by atoms with Crippen molar-refractivity contribution in [3.05, 3.63) is 32.7 Å². The topological polar surface area (TPSA) is 25.8 Å². The minimum absolute atomic E-state index is 0.991. The van der Waals surface area contributed by atoms with Crippen LogP contribution in [-0.2, 0) is 0 Å². The molecule has 15 heavy (non-hydrogen) atoms. The first kappa shape index (κ1) is 10.8. The molecule has 0 unspecified atom stereocenters. The van der Waals surface area contributed by atoms with E-state index in [-0.39, 0.29) is 0 Å². The van der Waals surface area contributed by atoms with E-state index in [1.807, 2.05) is 0 Å². The highest BCUT2D eigenvalue weighted by molar-refractivity contribution is 9.10. The number of halogens is 1. The van der Waals surface area contributed by atoms with Crippen molar-refractivity contribution >= 4 is 27.3 Å². The van der Waals surface area contributed by atoms with Gasteiger partial charge in [-0.2, -0.15) is 0 Å². The predicted molar refractivity (Wildman–Crippen MR) is 67.3 cm³/mol. The molecule has 2 aromatic rings. The summed E-state index contributed by atoms with van der Waals surface area (Å²) in [6.07, 6.45) is 0. The summed E-state index contributed by atoms with van der Waals surface area (Å²) in [6, 6.07) is 2.17. The molecule has 1 aromatic heterocycles. The highest BCUT2D eigenvalue weighted by Crippen LogP contribution is 2.34. The van der Waals surface area contributed by atoms with Crippen molar-refractivity contribution in [3.8, 4) is 10.6 Å². The Morgan fingerprint density at radius 2 is 1.93 bits per heavy atom. The summed E-state index contributed by atoms with van der Waals surface area (Å²) in [7, 11) is 0. The number of aromatic nitrogens is 2. The summed E-state index contributed by atoms with van der Waals surface area (Å²) in [5.74, 6) is 0. The van der Waals surface area contributed by atoms with Gasteiger partial charge in [0, 0.05) is 10.0 Å². The Morgan fingerprint density at radius 3 is 2.53 bits per heavy atom. The van der Waals surface area contributed by atoms with Crippen molar-refractivity contribution in [2.24, 2.45) is 0 Å². The summed E-state index contributed by atoms with van der Waals surface area (Å²) in [5, 5.41) is 9.00. The van der Waals surface area contributed by atoms with Gasteiger partial charge in [0.1, 0.15) is 10.5 Å². The quantitative estimate of drug-likeness (QED) is 0.793. The first-order valence-corrected chi connectivity index (χ1v) is 6.31. The number of hydrogen-bond donors (Lipinski definition) is 0. The van der Waals surface area contributed by atoms with E-state index in [2.05, 4.69) is 53.0 Å². The Hall–Kier alpha value is -0.740. The van der Waals surface area contributed by atoms with Crippen LogP contribution >= 0.6 is 27.3 Å². The average molecular weight is 283 g/mol. The van der Waals surface area contributed by atoms with Gasteiger partial charge >= 0.3 is 0 Å². The van der Waals surface area contributed by atoms with E-state index < -0.39 is 0 Å². The van der Waals surface area contributed by atoms with Crippen LogP contribution in [0.25, 0.3) is 10.6 Å². The zero-order valence-electron chi connectivity index (χ0n) is 8.84. The van der Waals surface area contributed by atoms with Gasteiger partial charge in [-0.15, -0.1) is 10.2 Å². The van der Waals surface area contributed by atoms with E-state index in [0.29, 0.717) is 0 Å². The highest BCUT2D eigenvalue weighted by Gasteiger charge is 2.13. The van der Waals surface area contributed by atoms with Gasteiger partial charge < -0.3 is 0 Å². The number of benzene rings is 1. The molecule has 78 valence electrons. The average Bonchev–Trinajstić information content (AvgIpc) is 2.68. The standard InChI is InChI=1S/C11H11BrN2S/c1-6-4-7(2)10(12)8(3)9(6)11-14-13-5-15-11/h4-5H,1-3H3. The van der Waals surface area contributed by atoms with Crippen LogP contribution in [0.4, 0.5) is 0 Å². The molecular formula is C11H11BrN2S. The summed E-state index contributed by atoms with van der Waals surface area (Å²) in [4.78, 5) is 0. The smallest absolute Gasteiger partial charge is 0.147 e. The molecule has 0 N–H and O–H groups in total. The molecule has 0 aliphatic carbocycles. The van der Waals surface area contributed by atoms with E-state index in [1.54, 1.807) is 16.8 Å². The summed E-state index contributed by atoms with van der Waals surface area (Å²) in [5.41, 5.74) is 6.73. The van der Waals surface area contributed by atoms with Gasteiger partial charge in [0.2, 0.25) is 0 Å². The molecule has 1 heterocycles. The van der Waals surface area contributed by atoms with Gasteiger partial charge in [0.25, 0.3) is 0 Å². The van der Waals surface area contributed by atoms with Crippen LogP contribution in [0.2, 0.25) is 0 Å². The predicted octanol–water partition coefficient (Wildman–Crippen LogP) is 3.89. The van der Waals surface area contributed by atoms with Crippen LogP contribution in [0, 0.1) is 20.8 Å². The van der Waals surface area contributed by atoms with Crippen molar-refractivity contribution in [1.82, 2.24) is 10.2 Å². The van der Waals surface area contributed by atoms with Gasteiger partial charge in [-0.3, -0.25) is 0 Å². The lowest BCUT2D eigenvalue weighted by molar-refractivity contribution is 1.09. The fourth-order valence-electron chi connectivity index (χ4n) is 1.77. The molecule has 1 aromatic carbocycles. The summed E-state index contributed by atoms with van der Waals surface area (Å²) in [6.45, 7) is 6.33. The van der Waals surface area contributed by atoms with Gasteiger partial charge in [0.15, 0.2) is 0 Å². The van der Waals surface area contributed by atoms with Crippen molar-refractivity contribution in [1.29, 1.82) is 0 Å². The monoisotopic (exact) mass is 282 g/mol. The lowest BCUT2D eigenvalue weighted by atomic mass is 10.0. The second-order valence-electron chi connectivity index (χ2n) is 3.57. The third-order valence-corrected chi connectivity index (χ3v) is 4.38.